The fraction of sp³-hybridized carbons (Fsp3) is 0.667. The van der Waals surface area contributed by atoms with Crippen LogP contribution in [0.3, 0.4) is 0 Å². The minimum atomic E-state index is -2.48. The molecule has 0 radical (unpaired) electrons. The van der Waals surface area contributed by atoms with E-state index in [2.05, 4.69) is 10.4 Å². The average Bonchev–Trinajstić information content (AvgIpc) is 2.62. The normalized spacial score (nSPS) is 13.4. The minimum absolute atomic E-state index is 0.140. The first-order valence-corrected chi connectivity index (χ1v) is 4.93. The molecule has 0 saturated heterocycles. The van der Waals surface area contributed by atoms with E-state index < -0.39 is 12.5 Å². The van der Waals surface area contributed by atoms with E-state index in [0.29, 0.717) is 5.82 Å². The van der Waals surface area contributed by atoms with Gasteiger partial charge < -0.3 is 4.57 Å². The number of nitrogens with two attached hydrogens (primary N) is 1. The van der Waals surface area contributed by atoms with Crippen LogP contribution in [0.25, 0.3) is 0 Å². The van der Waals surface area contributed by atoms with Gasteiger partial charge in [-0.05, 0) is 6.42 Å². The molecule has 0 spiro atoms. The summed E-state index contributed by atoms with van der Waals surface area (Å²) in [5.41, 5.74) is 2.11. The van der Waals surface area contributed by atoms with Gasteiger partial charge >= 0.3 is 0 Å². The summed E-state index contributed by atoms with van der Waals surface area (Å²) in [5, 5.41) is 0. The van der Waals surface area contributed by atoms with Gasteiger partial charge in [0, 0.05) is 25.4 Å². The second-order valence-corrected chi connectivity index (χ2v) is 3.35. The summed E-state index contributed by atoms with van der Waals surface area (Å²) in [6.45, 7) is 2.81. The molecule has 1 heterocycles. The Bertz CT molecular complexity index is 287. The fourth-order valence-electron chi connectivity index (χ4n) is 1.39. The van der Waals surface area contributed by atoms with Crippen molar-refractivity contribution in [3.63, 3.8) is 0 Å². The Morgan fingerprint density at radius 1 is 1.60 bits per heavy atom. The first-order valence-electron chi connectivity index (χ1n) is 4.93. The Kier molecular flexibility index (Phi) is 4.64. The van der Waals surface area contributed by atoms with Gasteiger partial charge in [-0.3, -0.25) is 11.3 Å². The van der Waals surface area contributed by atoms with Crippen LogP contribution in [-0.2, 0) is 13.0 Å². The summed E-state index contributed by atoms with van der Waals surface area (Å²) in [6, 6.07) is -1.04. The lowest BCUT2D eigenvalue weighted by Gasteiger charge is -2.15. The first kappa shape index (κ1) is 12.1. The van der Waals surface area contributed by atoms with Gasteiger partial charge in [0.15, 0.2) is 0 Å². The van der Waals surface area contributed by atoms with Crippen molar-refractivity contribution in [2.45, 2.75) is 38.8 Å². The molecule has 0 aromatic carbocycles. The summed E-state index contributed by atoms with van der Waals surface area (Å²) >= 11 is 0. The van der Waals surface area contributed by atoms with Gasteiger partial charge in [0.1, 0.15) is 5.82 Å². The molecule has 0 aliphatic carbocycles. The van der Waals surface area contributed by atoms with Gasteiger partial charge in [-0.25, -0.2) is 13.8 Å². The van der Waals surface area contributed by atoms with Crippen molar-refractivity contribution in [3.05, 3.63) is 18.2 Å². The predicted octanol–water partition coefficient (Wildman–Crippen LogP) is 0.933. The summed E-state index contributed by atoms with van der Waals surface area (Å²) in [7, 11) is 0. The molecule has 1 rings (SSSR count). The molecule has 4 nitrogen and oxygen atoms in total. The Labute approximate surface area is 87.5 Å². The molecule has 1 atom stereocenters. The van der Waals surface area contributed by atoms with E-state index in [4.69, 9.17) is 5.84 Å². The molecule has 6 heteroatoms. The van der Waals surface area contributed by atoms with Crippen molar-refractivity contribution in [3.8, 4) is 0 Å². The van der Waals surface area contributed by atoms with Crippen molar-refractivity contribution < 1.29 is 8.78 Å². The lowest BCUT2D eigenvalue weighted by atomic mass is 10.2. The topological polar surface area (TPSA) is 55.9 Å². The number of halogens is 2. The van der Waals surface area contributed by atoms with E-state index in [1.807, 2.05) is 11.5 Å². The SMILES string of the molecule is CCCn1ccnc1CC(NN)C(F)F. The highest BCUT2D eigenvalue weighted by molar-refractivity contribution is 4.96. The Morgan fingerprint density at radius 2 is 2.33 bits per heavy atom. The smallest absolute Gasteiger partial charge is 0.255 e. The van der Waals surface area contributed by atoms with Gasteiger partial charge in [-0.1, -0.05) is 6.92 Å². The largest absolute Gasteiger partial charge is 0.335 e. The molecule has 15 heavy (non-hydrogen) atoms. The zero-order chi connectivity index (χ0) is 11.3. The van der Waals surface area contributed by atoms with E-state index in [0.717, 1.165) is 13.0 Å². The number of alkyl halides is 2. The van der Waals surface area contributed by atoms with Crippen LogP contribution in [-0.4, -0.2) is 22.0 Å². The second-order valence-electron chi connectivity index (χ2n) is 3.35. The summed E-state index contributed by atoms with van der Waals surface area (Å²) in [5.74, 6) is 5.69. The summed E-state index contributed by atoms with van der Waals surface area (Å²) in [6.07, 6.45) is 2.00. The molecule has 0 amide bonds. The van der Waals surface area contributed by atoms with Crippen LogP contribution in [0.4, 0.5) is 8.78 Å². The quantitative estimate of drug-likeness (QED) is 0.551. The van der Waals surface area contributed by atoms with Gasteiger partial charge in [-0.15, -0.1) is 0 Å². The average molecular weight is 218 g/mol. The number of hydrogen-bond acceptors (Lipinski definition) is 3. The second kappa shape index (κ2) is 5.77. The van der Waals surface area contributed by atoms with Crippen LogP contribution in [0.15, 0.2) is 12.4 Å². The molecule has 1 unspecified atom stereocenters. The molecule has 0 aliphatic rings. The lowest BCUT2D eigenvalue weighted by Crippen LogP contribution is -2.42. The van der Waals surface area contributed by atoms with Crippen molar-refractivity contribution >= 4 is 0 Å². The first-order chi connectivity index (χ1) is 7.19. The third-order valence-corrected chi connectivity index (χ3v) is 2.19. The molecule has 1 aromatic heterocycles. The number of rotatable bonds is 6. The number of imidazole rings is 1. The number of aryl methyl sites for hydroxylation is 1. The number of hydrazine groups is 1. The third-order valence-electron chi connectivity index (χ3n) is 2.19. The molecule has 0 aliphatic heterocycles. The Morgan fingerprint density at radius 3 is 2.87 bits per heavy atom. The fourth-order valence-corrected chi connectivity index (χ4v) is 1.39. The molecule has 0 fully saturated rings. The van der Waals surface area contributed by atoms with Crippen LogP contribution >= 0.6 is 0 Å². The molecule has 0 saturated carbocycles. The Hall–Kier alpha value is -1.01. The third kappa shape index (κ3) is 3.24. The monoisotopic (exact) mass is 218 g/mol. The predicted molar refractivity (Wildman–Crippen MR) is 53.3 cm³/mol. The van der Waals surface area contributed by atoms with Crippen LogP contribution in [0.5, 0.6) is 0 Å². The number of aromatic nitrogens is 2. The molecular weight excluding hydrogens is 202 g/mol. The van der Waals surface area contributed by atoms with Gasteiger partial charge in [0.2, 0.25) is 0 Å². The highest BCUT2D eigenvalue weighted by Crippen LogP contribution is 2.08. The summed E-state index contributed by atoms with van der Waals surface area (Å²) in [4.78, 5) is 4.04. The lowest BCUT2D eigenvalue weighted by molar-refractivity contribution is 0.0970. The maximum absolute atomic E-state index is 12.4. The van der Waals surface area contributed by atoms with Crippen molar-refractivity contribution in [1.29, 1.82) is 0 Å². The molecule has 1 aromatic rings. The van der Waals surface area contributed by atoms with Crippen molar-refractivity contribution in [2.75, 3.05) is 0 Å². The standard InChI is InChI=1S/C9H16F2N4/c1-2-4-15-5-3-13-8(15)6-7(14-12)9(10)11/h3,5,7,9,14H,2,4,6,12H2,1H3. The molecule has 86 valence electrons. The maximum Gasteiger partial charge on any atom is 0.255 e. The Balaban J connectivity index is 2.65. The minimum Gasteiger partial charge on any atom is -0.335 e. The highest BCUT2D eigenvalue weighted by Gasteiger charge is 2.20. The molecular formula is C9H16F2N4. The van der Waals surface area contributed by atoms with E-state index in [-0.39, 0.29) is 6.42 Å². The number of hydrogen-bond donors (Lipinski definition) is 2. The van der Waals surface area contributed by atoms with Crippen LogP contribution in [0, 0.1) is 0 Å². The number of nitrogens with zero attached hydrogens (tertiary/aromatic N) is 2. The zero-order valence-corrected chi connectivity index (χ0v) is 8.66. The van der Waals surface area contributed by atoms with Crippen LogP contribution in [0.2, 0.25) is 0 Å². The van der Waals surface area contributed by atoms with E-state index >= 15 is 0 Å². The van der Waals surface area contributed by atoms with Crippen LogP contribution in [0.1, 0.15) is 19.2 Å². The van der Waals surface area contributed by atoms with Crippen molar-refractivity contribution in [2.24, 2.45) is 5.84 Å². The van der Waals surface area contributed by atoms with Crippen molar-refractivity contribution in [1.82, 2.24) is 15.0 Å². The highest BCUT2D eigenvalue weighted by atomic mass is 19.3. The van der Waals surface area contributed by atoms with Gasteiger partial charge in [0.05, 0.1) is 6.04 Å². The van der Waals surface area contributed by atoms with E-state index in [9.17, 15) is 8.78 Å². The molecule has 0 bridgehead atoms. The summed E-state index contributed by atoms with van der Waals surface area (Å²) < 4.78 is 26.7. The molecule has 3 N–H and O–H groups in total. The zero-order valence-electron chi connectivity index (χ0n) is 8.66. The number of nitrogens with one attached hydrogen (secondary N) is 1. The van der Waals surface area contributed by atoms with Crippen LogP contribution < -0.4 is 11.3 Å². The van der Waals surface area contributed by atoms with E-state index in [1.165, 1.54) is 0 Å². The van der Waals surface area contributed by atoms with Gasteiger partial charge in [0.25, 0.3) is 6.43 Å². The van der Waals surface area contributed by atoms with Gasteiger partial charge in [-0.2, -0.15) is 0 Å². The maximum atomic E-state index is 12.4. The van der Waals surface area contributed by atoms with E-state index in [1.54, 1.807) is 12.4 Å².